The number of anilines is 1. The van der Waals surface area contributed by atoms with Gasteiger partial charge in [-0.05, 0) is 56.0 Å². The highest BCUT2D eigenvalue weighted by Gasteiger charge is 2.48. The summed E-state index contributed by atoms with van der Waals surface area (Å²) in [6.45, 7) is 5.13. The molecule has 2 aromatic rings. The van der Waals surface area contributed by atoms with E-state index in [0.717, 1.165) is 56.0 Å². The largest absolute Gasteiger partial charge is 0.354 e. The molecule has 130 valence electrons. The summed E-state index contributed by atoms with van der Waals surface area (Å²) in [5.74, 6) is 1.17. The Hall–Kier alpha value is -2.50. The molecule has 2 fully saturated rings. The zero-order valence-corrected chi connectivity index (χ0v) is 14.6. The van der Waals surface area contributed by atoms with Crippen LogP contribution in [0.5, 0.6) is 0 Å². The quantitative estimate of drug-likeness (QED) is 0.859. The van der Waals surface area contributed by atoms with Crippen LogP contribution in [0.15, 0.2) is 36.7 Å². The number of carbonyl (C=O) groups is 1. The Morgan fingerprint density at radius 2 is 1.92 bits per heavy atom. The van der Waals surface area contributed by atoms with E-state index in [1.54, 1.807) is 12.4 Å². The van der Waals surface area contributed by atoms with Gasteiger partial charge in [-0.1, -0.05) is 0 Å². The smallest absolute Gasteiger partial charge is 0.230 e. The Labute approximate surface area is 147 Å². The summed E-state index contributed by atoms with van der Waals surface area (Å²) in [5, 5.41) is 8.48. The van der Waals surface area contributed by atoms with Gasteiger partial charge in [0, 0.05) is 38.6 Å². The molecule has 1 spiro atoms. The molecule has 4 rings (SSSR count). The molecule has 2 aromatic heterocycles. The van der Waals surface area contributed by atoms with Gasteiger partial charge in [0.2, 0.25) is 5.91 Å². The van der Waals surface area contributed by atoms with E-state index in [1.165, 1.54) is 0 Å². The summed E-state index contributed by atoms with van der Waals surface area (Å²) in [4.78, 5) is 21.4. The van der Waals surface area contributed by atoms with E-state index in [-0.39, 0.29) is 11.3 Å². The lowest BCUT2D eigenvalue weighted by Crippen LogP contribution is -2.48. The maximum Gasteiger partial charge on any atom is 0.230 e. The number of nitrogens with zero attached hydrogens (tertiary/aromatic N) is 5. The first-order valence-corrected chi connectivity index (χ1v) is 8.90. The fourth-order valence-corrected chi connectivity index (χ4v) is 4.02. The highest BCUT2D eigenvalue weighted by molar-refractivity contribution is 5.85. The van der Waals surface area contributed by atoms with Crippen molar-refractivity contribution in [3.63, 3.8) is 0 Å². The average molecular weight is 337 g/mol. The number of piperidine rings is 1. The van der Waals surface area contributed by atoms with Crippen molar-refractivity contribution in [2.75, 3.05) is 24.5 Å². The normalized spacial score (nSPS) is 23.5. The van der Waals surface area contributed by atoms with Crippen molar-refractivity contribution in [3.8, 4) is 0 Å². The van der Waals surface area contributed by atoms with Gasteiger partial charge < -0.3 is 9.80 Å². The van der Waals surface area contributed by atoms with E-state index in [0.29, 0.717) is 6.54 Å². The van der Waals surface area contributed by atoms with Gasteiger partial charge in [0.25, 0.3) is 0 Å². The molecule has 6 heteroatoms. The molecule has 0 aromatic carbocycles. The number of hydrogen-bond acceptors (Lipinski definition) is 5. The fourth-order valence-electron chi connectivity index (χ4n) is 4.02. The standard InChI is InChI=1S/C19H23N5O/c1-15-3-4-17(22-21-15)24-11-2-7-19(14-24)8-12-23(18(19)25)13-16-5-9-20-10-6-16/h3-6,9-10H,2,7-8,11-14H2,1H3/t19-/m0/s1. The Morgan fingerprint density at radius 1 is 1.08 bits per heavy atom. The second-order valence-electron chi connectivity index (χ2n) is 7.17. The third-order valence-electron chi connectivity index (χ3n) is 5.41. The van der Waals surface area contributed by atoms with Crippen LogP contribution < -0.4 is 4.90 Å². The van der Waals surface area contributed by atoms with Gasteiger partial charge in [0.15, 0.2) is 5.82 Å². The van der Waals surface area contributed by atoms with Crippen molar-refractivity contribution in [1.82, 2.24) is 20.1 Å². The van der Waals surface area contributed by atoms with Crippen molar-refractivity contribution in [3.05, 3.63) is 47.9 Å². The highest BCUT2D eigenvalue weighted by atomic mass is 16.2. The predicted octanol–water partition coefficient (Wildman–Crippen LogP) is 2.20. The van der Waals surface area contributed by atoms with Gasteiger partial charge in [0.05, 0.1) is 11.1 Å². The Balaban J connectivity index is 1.49. The Morgan fingerprint density at radius 3 is 2.68 bits per heavy atom. The molecule has 4 heterocycles. The number of likely N-dealkylation sites (tertiary alicyclic amines) is 1. The van der Waals surface area contributed by atoms with Crippen molar-refractivity contribution >= 4 is 11.7 Å². The maximum atomic E-state index is 13.2. The summed E-state index contributed by atoms with van der Waals surface area (Å²) in [6.07, 6.45) is 6.47. The van der Waals surface area contributed by atoms with Gasteiger partial charge in [0.1, 0.15) is 0 Å². The molecule has 6 nitrogen and oxygen atoms in total. The van der Waals surface area contributed by atoms with E-state index in [9.17, 15) is 4.79 Å². The van der Waals surface area contributed by atoms with E-state index < -0.39 is 0 Å². The van der Waals surface area contributed by atoms with Gasteiger partial charge in [-0.3, -0.25) is 9.78 Å². The molecule has 1 amide bonds. The lowest BCUT2D eigenvalue weighted by molar-refractivity contribution is -0.137. The van der Waals surface area contributed by atoms with Crippen molar-refractivity contribution in [2.24, 2.45) is 5.41 Å². The van der Waals surface area contributed by atoms with Crippen molar-refractivity contribution in [2.45, 2.75) is 32.7 Å². The molecular weight excluding hydrogens is 314 g/mol. The number of pyridine rings is 1. The summed E-state index contributed by atoms with van der Waals surface area (Å²) in [7, 11) is 0. The number of rotatable bonds is 3. The van der Waals surface area contributed by atoms with Crippen LogP contribution in [0, 0.1) is 12.3 Å². The van der Waals surface area contributed by atoms with Crippen LogP contribution in [0.25, 0.3) is 0 Å². The van der Waals surface area contributed by atoms with E-state index in [2.05, 4.69) is 20.1 Å². The van der Waals surface area contributed by atoms with Gasteiger partial charge >= 0.3 is 0 Å². The molecular formula is C19H23N5O. The van der Waals surface area contributed by atoms with Crippen LogP contribution >= 0.6 is 0 Å². The van der Waals surface area contributed by atoms with Crippen LogP contribution in [-0.2, 0) is 11.3 Å². The summed E-state index contributed by atoms with van der Waals surface area (Å²) < 4.78 is 0. The van der Waals surface area contributed by atoms with Gasteiger partial charge in [-0.25, -0.2) is 0 Å². The second-order valence-corrected chi connectivity index (χ2v) is 7.17. The Bertz CT molecular complexity index is 748. The molecule has 2 aliphatic heterocycles. The number of aryl methyl sites for hydroxylation is 1. The number of carbonyl (C=O) groups excluding carboxylic acids is 1. The first-order chi connectivity index (χ1) is 12.2. The molecule has 2 saturated heterocycles. The number of hydrogen-bond donors (Lipinski definition) is 0. The second kappa shape index (κ2) is 6.43. The molecule has 0 aliphatic carbocycles. The predicted molar refractivity (Wildman–Crippen MR) is 94.9 cm³/mol. The minimum atomic E-state index is -0.266. The first-order valence-electron chi connectivity index (χ1n) is 8.90. The maximum absolute atomic E-state index is 13.2. The Kier molecular flexibility index (Phi) is 4.11. The lowest BCUT2D eigenvalue weighted by Gasteiger charge is -2.39. The van der Waals surface area contributed by atoms with Crippen molar-refractivity contribution < 1.29 is 4.79 Å². The van der Waals surface area contributed by atoms with E-state index in [1.807, 2.05) is 36.1 Å². The number of amides is 1. The third kappa shape index (κ3) is 3.08. The van der Waals surface area contributed by atoms with E-state index in [4.69, 9.17) is 0 Å². The number of aromatic nitrogens is 3. The first kappa shape index (κ1) is 16.0. The van der Waals surface area contributed by atoms with Crippen LogP contribution in [0.4, 0.5) is 5.82 Å². The van der Waals surface area contributed by atoms with Crippen LogP contribution in [0.3, 0.4) is 0 Å². The molecule has 0 radical (unpaired) electrons. The molecule has 0 N–H and O–H groups in total. The van der Waals surface area contributed by atoms with E-state index >= 15 is 0 Å². The van der Waals surface area contributed by atoms with Crippen LogP contribution in [0.2, 0.25) is 0 Å². The minimum absolute atomic E-state index is 0.266. The topological polar surface area (TPSA) is 62.2 Å². The van der Waals surface area contributed by atoms with Gasteiger partial charge in [-0.2, -0.15) is 5.10 Å². The van der Waals surface area contributed by atoms with Crippen molar-refractivity contribution in [1.29, 1.82) is 0 Å². The SMILES string of the molecule is Cc1ccc(N2CCC[C@]3(CCN(Cc4ccncc4)C3=O)C2)nn1. The van der Waals surface area contributed by atoms with Crippen LogP contribution in [0.1, 0.15) is 30.5 Å². The molecule has 25 heavy (non-hydrogen) atoms. The summed E-state index contributed by atoms with van der Waals surface area (Å²) >= 11 is 0. The molecule has 0 unspecified atom stereocenters. The lowest BCUT2D eigenvalue weighted by atomic mass is 9.78. The molecule has 2 aliphatic rings. The van der Waals surface area contributed by atoms with Crippen LogP contribution in [-0.4, -0.2) is 45.6 Å². The monoisotopic (exact) mass is 337 g/mol. The highest BCUT2D eigenvalue weighted by Crippen LogP contribution is 2.41. The third-order valence-corrected chi connectivity index (χ3v) is 5.41. The zero-order valence-electron chi connectivity index (χ0n) is 14.6. The molecule has 1 atom stereocenters. The minimum Gasteiger partial charge on any atom is -0.354 e. The molecule has 0 bridgehead atoms. The molecule has 0 saturated carbocycles. The van der Waals surface area contributed by atoms with Gasteiger partial charge in [-0.15, -0.1) is 5.10 Å². The average Bonchev–Trinajstić information content (AvgIpc) is 2.93. The zero-order chi connectivity index (χ0) is 17.3. The summed E-state index contributed by atoms with van der Waals surface area (Å²) in [5.41, 5.74) is 1.78. The summed E-state index contributed by atoms with van der Waals surface area (Å²) in [6, 6.07) is 7.95. The fraction of sp³-hybridized carbons (Fsp3) is 0.474.